The first-order valence-corrected chi connectivity index (χ1v) is 7.62. The average Bonchev–Trinajstić information content (AvgIpc) is 2.76. The summed E-state index contributed by atoms with van der Waals surface area (Å²) in [5.74, 6) is -2.44. The SMILES string of the molecule is [N-]=[N+]=Nc1ccc(I)c2c1C(=O)N(C1CCC(=O)NC1=O)C2=O. The summed E-state index contributed by atoms with van der Waals surface area (Å²) in [4.78, 5) is 51.9. The van der Waals surface area contributed by atoms with E-state index in [4.69, 9.17) is 5.53 Å². The maximum Gasteiger partial charge on any atom is 0.263 e. The van der Waals surface area contributed by atoms with Crippen molar-refractivity contribution in [1.29, 1.82) is 0 Å². The summed E-state index contributed by atoms with van der Waals surface area (Å²) in [6, 6.07) is 1.96. The second kappa shape index (κ2) is 5.63. The summed E-state index contributed by atoms with van der Waals surface area (Å²) in [5, 5.41) is 5.56. The normalized spacial score (nSPS) is 20.2. The van der Waals surface area contributed by atoms with Gasteiger partial charge in [-0.05, 0) is 40.6 Å². The molecule has 1 aromatic carbocycles. The fourth-order valence-corrected chi connectivity index (χ4v) is 3.35. The number of halogens is 1. The van der Waals surface area contributed by atoms with Crippen LogP contribution in [0, 0.1) is 3.57 Å². The highest BCUT2D eigenvalue weighted by Gasteiger charge is 2.46. The number of amides is 4. The third-order valence-corrected chi connectivity index (χ3v) is 4.57. The molecule has 0 aromatic heterocycles. The summed E-state index contributed by atoms with van der Waals surface area (Å²) in [7, 11) is 0. The largest absolute Gasteiger partial charge is 0.295 e. The maximum absolute atomic E-state index is 12.6. The highest BCUT2D eigenvalue weighted by molar-refractivity contribution is 14.1. The quantitative estimate of drug-likeness (QED) is 0.254. The van der Waals surface area contributed by atoms with Crippen molar-refractivity contribution < 1.29 is 19.2 Å². The van der Waals surface area contributed by atoms with E-state index in [9.17, 15) is 19.2 Å². The van der Waals surface area contributed by atoms with Gasteiger partial charge in [0.25, 0.3) is 11.8 Å². The van der Waals surface area contributed by atoms with Gasteiger partial charge in [0.05, 0.1) is 16.8 Å². The van der Waals surface area contributed by atoms with Crippen molar-refractivity contribution in [2.24, 2.45) is 5.11 Å². The second-order valence-corrected chi connectivity index (χ2v) is 6.12. The predicted molar refractivity (Wildman–Crippen MR) is 84.6 cm³/mol. The number of hydrogen-bond acceptors (Lipinski definition) is 5. The minimum absolute atomic E-state index is 0.00981. The van der Waals surface area contributed by atoms with Crippen molar-refractivity contribution in [1.82, 2.24) is 10.2 Å². The lowest BCUT2D eigenvalue weighted by Crippen LogP contribution is -2.54. The molecule has 1 N–H and O–H groups in total. The molecular formula is C13H8IN5O4. The predicted octanol–water partition coefficient (Wildman–Crippen LogP) is 1.63. The maximum atomic E-state index is 12.6. The van der Waals surface area contributed by atoms with Crippen LogP contribution in [0.25, 0.3) is 10.4 Å². The molecule has 9 nitrogen and oxygen atoms in total. The van der Waals surface area contributed by atoms with E-state index in [1.807, 2.05) is 22.6 Å². The number of fused-ring (bicyclic) bond motifs is 1. The average molecular weight is 425 g/mol. The van der Waals surface area contributed by atoms with Crippen LogP contribution in [0.15, 0.2) is 17.2 Å². The van der Waals surface area contributed by atoms with Gasteiger partial charge in [-0.25, -0.2) is 0 Å². The highest BCUT2D eigenvalue weighted by Crippen LogP contribution is 2.36. The number of benzene rings is 1. The molecule has 1 fully saturated rings. The van der Waals surface area contributed by atoms with Crippen molar-refractivity contribution in [2.75, 3.05) is 0 Å². The standard InChI is InChI=1S/C13H8IN5O4/c14-5-1-2-6(17-18-15)10-9(5)12(22)19(13(10)23)7-3-4-8(20)16-11(7)21/h1-2,7H,3-4H2,(H,16,20,21). The molecule has 2 heterocycles. The second-order valence-electron chi connectivity index (χ2n) is 4.95. The van der Waals surface area contributed by atoms with Crippen LogP contribution in [-0.4, -0.2) is 34.6 Å². The van der Waals surface area contributed by atoms with Gasteiger partial charge in [-0.2, -0.15) is 0 Å². The van der Waals surface area contributed by atoms with Crippen molar-refractivity contribution in [3.63, 3.8) is 0 Å². The molecule has 2 aliphatic rings. The van der Waals surface area contributed by atoms with Gasteiger partial charge < -0.3 is 0 Å². The zero-order chi connectivity index (χ0) is 16.7. The van der Waals surface area contributed by atoms with Gasteiger partial charge in [-0.3, -0.25) is 29.4 Å². The Morgan fingerprint density at radius 3 is 2.57 bits per heavy atom. The van der Waals surface area contributed by atoms with Gasteiger partial charge >= 0.3 is 0 Å². The summed E-state index contributed by atoms with van der Waals surface area (Å²) in [6.07, 6.45) is 0.119. The zero-order valence-electron chi connectivity index (χ0n) is 11.4. The molecular weight excluding hydrogens is 417 g/mol. The molecule has 1 unspecified atom stereocenters. The Morgan fingerprint density at radius 1 is 1.22 bits per heavy atom. The molecule has 1 saturated heterocycles. The summed E-state index contributed by atoms with van der Waals surface area (Å²) in [6.45, 7) is 0. The van der Waals surface area contributed by atoms with E-state index in [-0.39, 0.29) is 29.7 Å². The van der Waals surface area contributed by atoms with E-state index in [1.54, 1.807) is 6.07 Å². The fraction of sp³-hybridized carbons (Fsp3) is 0.231. The molecule has 0 radical (unpaired) electrons. The molecule has 2 aliphatic heterocycles. The molecule has 23 heavy (non-hydrogen) atoms. The highest BCUT2D eigenvalue weighted by atomic mass is 127. The Balaban J connectivity index is 2.09. The lowest BCUT2D eigenvalue weighted by molar-refractivity contribution is -0.136. The van der Waals surface area contributed by atoms with Gasteiger partial charge in [0, 0.05) is 14.9 Å². The molecule has 0 aliphatic carbocycles. The van der Waals surface area contributed by atoms with E-state index in [1.165, 1.54) is 6.07 Å². The lowest BCUT2D eigenvalue weighted by Gasteiger charge is -2.27. The fourth-order valence-electron chi connectivity index (χ4n) is 2.67. The molecule has 116 valence electrons. The van der Waals surface area contributed by atoms with Crippen LogP contribution in [0.5, 0.6) is 0 Å². The third-order valence-electron chi connectivity index (χ3n) is 3.67. The van der Waals surface area contributed by atoms with Gasteiger partial charge in [0.1, 0.15) is 6.04 Å². The summed E-state index contributed by atoms with van der Waals surface area (Å²) < 4.78 is 0.516. The molecule has 0 spiro atoms. The van der Waals surface area contributed by atoms with E-state index in [0.717, 1.165) is 4.90 Å². The smallest absolute Gasteiger partial charge is 0.263 e. The Hall–Kier alpha value is -2.46. The number of carbonyl (C=O) groups is 4. The van der Waals surface area contributed by atoms with Crippen LogP contribution in [0.3, 0.4) is 0 Å². The molecule has 1 atom stereocenters. The van der Waals surface area contributed by atoms with Crippen molar-refractivity contribution in [3.05, 3.63) is 37.3 Å². The number of azide groups is 1. The first-order chi connectivity index (χ1) is 11.0. The number of rotatable bonds is 2. The van der Waals surface area contributed by atoms with Gasteiger partial charge in [-0.1, -0.05) is 11.2 Å². The van der Waals surface area contributed by atoms with Crippen molar-refractivity contribution in [3.8, 4) is 0 Å². The number of nitrogens with one attached hydrogen (secondary N) is 1. The zero-order valence-corrected chi connectivity index (χ0v) is 13.6. The first-order valence-electron chi connectivity index (χ1n) is 6.55. The van der Waals surface area contributed by atoms with Crippen molar-refractivity contribution >= 4 is 51.9 Å². The number of nitrogens with zero attached hydrogens (tertiary/aromatic N) is 4. The van der Waals surface area contributed by atoms with E-state index >= 15 is 0 Å². The van der Waals surface area contributed by atoms with Crippen LogP contribution in [0.1, 0.15) is 33.6 Å². The monoisotopic (exact) mass is 425 g/mol. The number of carbonyl (C=O) groups excluding carboxylic acids is 4. The molecule has 3 rings (SSSR count). The number of imide groups is 2. The van der Waals surface area contributed by atoms with E-state index < -0.39 is 29.7 Å². The van der Waals surface area contributed by atoms with Crippen LogP contribution >= 0.6 is 22.6 Å². The molecule has 4 amide bonds. The topological polar surface area (TPSA) is 132 Å². The van der Waals surface area contributed by atoms with Gasteiger partial charge in [0.2, 0.25) is 11.8 Å². The number of hydrogen-bond donors (Lipinski definition) is 1. The Labute approximate surface area is 142 Å². The van der Waals surface area contributed by atoms with Gasteiger partial charge in [0.15, 0.2) is 0 Å². The van der Waals surface area contributed by atoms with E-state index in [0.29, 0.717) is 3.57 Å². The Morgan fingerprint density at radius 2 is 1.91 bits per heavy atom. The minimum Gasteiger partial charge on any atom is -0.295 e. The summed E-state index contributed by atoms with van der Waals surface area (Å²) >= 11 is 1.90. The third kappa shape index (κ3) is 2.35. The molecule has 10 heteroatoms. The van der Waals surface area contributed by atoms with Crippen molar-refractivity contribution in [2.45, 2.75) is 18.9 Å². The molecule has 1 aromatic rings. The van der Waals surface area contributed by atoms with Crippen LogP contribution in [0.4, 0.5) is 5.69 Å². The first kappa shape index (κ1) is 15.4. The minimum atomic E-state index is -1.05. The van der Waals surface area contributed by atoms with Crippen LogP contribution < -0.4 is 5.32 Å². The molecule has 0 saturated carbocycles. The Kier molecular flexibility index (Phi) is 3.78. The summed E-state index contributed by atoms with van der Waals surface area (Å²) in [5.41, 5.74) is 8.75. The lowest BCUT2D eigenvalue weighted by atomic mass is 10.0. The van der Waals surface area contributed by atoms with Crippen LogP contribution in [0.2, 0.25) is 0 Å². The Bertz CT molecular complexity index is 830. The molecule has 0 bridgehead atoms. The van der Waals surface area contributed by atoms with Gasteiger partial charge in [-0.15, -0.1) is 0 Å². The van der Waals surface area contributed by atoms with Crippen LogP contribution in [-0.2, 0) is 9.59 Å². The van der Waals surface area contributed by atoms with E-state index in [2.05, 4.69) is 15.3 Å². The number of piperidine rings is 1.